The molecule has 0 aliphatic rings. The quantitative estimate of drug-likeness (QED) is 0.838. The van der Waals surface area contributed by atoms with Gasteiger partial charge in [-0.05, 0) is 17.7 Å². The summed E-state index contributed by atoms with van der Waals surface area (Å²) in [6.45, 7) is 0. The van der Waals surface area contributed by atoms with E-state index in [0.717, 1.165) is 0 Å². The molecule has 0 saturated carbocycles. The third-order valence-electron chi connectivity index (χ3n) is 2.41. The Morgan fingerprint density at radius 3 is 1.85 bits per heavy atom. The standard InChI is InChI=1S/C13H7F5O2/c14-10-5-9(20-13(16,17)18)6-11(15)12(10)7-1-3-8(19)4-2-7/h1-6,19H. The Balaban J connectivity index is 2.43. The first-order valence-electron chi connectivity index (χ1n) is 5.30. The fourth-order valence-corrected chi connectivity index (χ4v) is 1.65. The molecule has 0 spiro atoms. The Bertz CT molecular complexity index is 597. The molecule has 2 nitrogen and oxygen atoms in total. The van der Waals surface area contributed by atoms with Crippen molar-refractivity contribution in [2.45, 2.75) is 6.36 Å². The van der Waals surface area contributed by atoms with Crippen LogP contribution in [0.4, 0.5) is 22.0 Å². The molecule has 0 radical (unpaired) electrons. The van der Waals surface area contributed by atoms with Gasteiger partial charge < -0.3 is 9.84 Å². The van der Waals surface area contributed by atoms with Crippen LogP contribution in [0, 0.1) is 11.6 Å². The largest absolute Gasteiger partial charge is 0.573 e. The molecule has 0 heterocycles. The number of phenolic OH excluding ortho intramolecular Hbond substituents is 1. The Kier molecular flexibility index (Phi) is 3.52. The van der Waals surface area contributed by atoms with Gasteiger partial charge in [0.2, 0.25) is 0 Å². The summed E-state index contributed by atoms with van der Waals surface area (Å²) >= 11 is 0. The van der Waals surface area contributed by atoms with E-state index >= 15 is 0 Å². The molecule has 0 aromatic heterocycles. The second-order valence-electron chi connectivity index (χ2n) is 3.86. The molecule has 0 fully saturated rings. The monoisotopic (exact) mass is 290 g/mol. The molecule has 0 unspecified atom stereocenters. The number of ether oxygens (including phenoxy) is 1. The minimum Gasteiger partial charge on any atom is -0.508 e. The number of alkyl halides is 3. The van der Waals surface area contributed by atoms with Crippen LogP contribution < -0.4 is 4.74 Å². The van der Waals surface area contributed by atoms with Gasteiger partial charge in [0.05, 0.1) is 5.56 Å². The number of rotatable bonds is 2. The first-order chi connectivity index (χ1) is 9.26. The van der Waals surface area contributed by atoms with Gasteiger partial charge in [0.1, 0.15) is 23.1 Å². The van der Waals surface area contributed by atoms with Crippen LogP contribution in [0.5, 0.6) is 11.5 Å². The summed E-state index contributed by atoms with van der Waals surface area (Å²) in [4.78, 5) is 0. The van der Waals surface area contributed by atoms with Gasteiger partial charge in [0.25, 0.3) is 0 Å². The van der Waals surface area contributed by atoms with E-state index in [4.69, 9.17) is 5.11 Å². The summed E-state index contributed by atoms with van der Waals surface area (Å²) in [6, 6.07) is 5.77. The third-order valence-corrected chi connectivity index (χ3v) is 2.41. The van der Waals surface area contributed by atoms with Gasteiger partial charge in [0, 0.05) is 12.1 Å². The normalized spacial score (nSPS) is 11.4. The lowest BCUT2D eigenvalue weighted by Crippen LogP contribution is -2.17. The fourth-order valence-electron chi connectivity index (χ4n) is 1.65. The maximum Gasteiger partial charge on any atom is 0.573 e. The van der Waals surface area contributed by atoms with Crippen LogP contribution in [-0.4, -0.2) is 11.5 Å². The third kappa shape index (κ3) is 3.17. The highest BCUT2D eigenvalue weighted by Crippen LogP contribution is 2.32. The Morgan fingerprint density at radius 2 is 1.40 bits per heavy atom. The van der Waals surface area contributed by atoms with Crippen LogP contribution in [-0.2, 0) is 0 Å². The van der Waals surface area contributed by atoms with Crippen molar-refractivity contribution in [2.24, 2.45) is 0 Å². The summed E-state index contributed by atoms with van der Waals surface area (Å²) in [5, 5.41) is 9.08. The van der Waals surface area contributed by atoms with E-state index in [1.54, 1.807) is 0 Å². The molecule has 7 heteroatoms. The maximum absolute atomic E-state index is 13.7. The number of halogens is 5. The zero-order valence-corrected chi connectivity index (χ0v) is 9.71. The molecule has 0 aliphatic carbocycles. The van der Waals surface area contributed by atoms with E-state index in [9.17, 15) is 22.0 Å². The van der Waals surface area contributed by atoms with Gasteiger partial charge in [0.15, 0.2) is 0 Å². The van der Waals surface area contributed by atoms with Gasteiger partial charge in [-0.1, -0.05) is 12.1 Å². The first-order valence-corrected chi connectivity index (χ1v) is 5.30. The van der Waals surface area contributed by atoms with Crippen LogP contribution in [0.15, 0.2) is 36.4 Å². The zero-order valence-electron chi connectivity index (χ0n) is 9.71. The van der Waals surface area contributed by atoms with Crippen molar-refractivity contribution >= 4 is 0 Å². The number of benzene rings is 2. The molecule has 0 bridgehead atoms. The predicted octanol–water partition coefficient (Wildman–Crippen LogP) is 4.24. The summed E-state index contributed by atoms with van der Waals surface area (Å²) in [6.07, 6.45) is -5.03. The van der Waals surface area contributed by atoms with E-state index in [0.29, 0.717) is 12.1 Å². The van der Waals surface area contributed by atoms with Gasteiger partial charge in [-0.25, -0.2) is 8.78 Å². The van der Waals surface area contributed by atoms with Crippen molar-refractivity contribution in [1.29, 1.82) is 0 Å². The molecule has 1 N–H and O–H groups in total. The highest BCUT2D eigenvalue weighted by molar-refractivity contribution is 5.66. The van der Waals surface area contributed by atoms with Crippen LogP contribution in [0.2, 0.25) is 0 Å². The van der Waals surface area contributed by atoms with Crippen LogP contribution in [0.1, 0.15) is 0 Å². The van der Waals surface area contributed by atoms with Gasteiger partial charge in [-0.2, -0.15) is 0 Å². The SMILES string of the molecule is Oc1ccc(-c2c(F)cc(OC(F)(F)F)cc2F)cc1. The number of hydrogen-bond donors (Lipinski definition) is 1. The molecule has 2 aromatic carbocycles. The van der Waals surface area contributed by atoms with Gasteiger partial charge in [-0.3, -0.25) is 0 Å². The topological polar surface area (TPSA) is 29.5 Å². The molecule has 20 heavy (non-hydrogen) atoms. The average Bonchev–Trinajstić information content (AvgIpc) is 2.28. The predicted molar refractivity (Wildman–Crippen MR) is 60.1 cm³/mol. The Morgan fingerprint density at radius 1 is 0.900 bits per heavy atom. The smallest absolute Gasteiger partial charge is 0.508 e. The van der Waals surface area contributed by atoms with Gasteiger partial charge in [-0.15, -0.1) is 13.2 Å². The van der Waals surface area contributed by atoms with E-state index in [-0.39, 0.29) is 11.3 Å². The highest BCUT2D eigenvalue weighted by atomic mass is 19.4. The van der Waals surface area contributed by atoms with Crippen molar-refractivity contribution < 1.29 is 31.8 Å². The minimum atomic E-state index is -5.03. The molecule has 0 aliphatic heterocycles. The summed E-state index contributed by atoms with van der Waals surface area (Å²) in [7, 11) is 0. The Hall–Kier alpha value is -2.31. The van der Waals surface area contributed by atoms with Gasteiger partial charge >= 0.3 is 6.36 Å². The number of hydrogen-bond acceptors (Lipinski definition) is 2. The zero-order chi connectivity index (χ0) is 14.9. The summed E-state index contributed by atoms with van der Waals surface area (Å²) < 4.78 is 66.8. The summed E-state index contributed by atoms with van der Waals surface area (Å²) in [5.74, 6) is -3.48. The number of phenols is 1. The first kappa shape index (κ1) is 14.1. The lowest BCUT2D eigenvalue weighted by molar-refractivity contribution is -0.274. The second kappa shape index (κ2) is 4.99. The van der Waals surface area contributed by atoms with Crippen molar-refractivity contribution in [2.75, 3.05) is 0 Å². The molecule has 0 amide bonds. The Labute approximate surface area is 110 Å². The molecular weight excluding hydrogens is 283 g/mol. The van der Waals surface area contributed by atoms with Crippen molar-refractivity contribution in [3.05, 3.63) is 48.0 Å². The lowest BCUT2D eigenvalue weighted by Gasteiger charge is -2.11. The maximum atomic E-state index is 13.7. The number of aromatic hydroxyl groups is 1. The van der Waals surface area contributed by atoms with Crippen LogP contribution >= 0.6 is 0 Å². The van der Waals surface area contributed by atoms with Crippen molar-refractivity contribution in [1.82, 2.24) is 0 Å². The van der Waals surface area contributed by atoms with Crippen LogP contribution in [0.3, 0.4) is 0 Å². The van der Waals surface area contributed by atoms with E-state index < -0.39 is 29.3 Å². The highest BCUT2D eigenvalue weighted by Gasteiger charge is 2.32. The molecule has 2 aromatic rings. The second-order valence-corrected chi connectivity index (χ2v) is 3.86. The fraction of sp³-hybridized carbons (Fsp3) is 0.0769. The lowest BCUT2D eigenvalue weighted by atomic mass is 10.0. The van der Waals surface area contributed by atoms with Crippen molar-refractivity contribution in [3.8, 4) is 22.6 Å². The molecular formula is C13H7F5O2. The van der Waals surface area contributed by atoms with E-state index in [1.165, 1.54) is 24.3 Å². The molecule has 0 atom stereocenters. The molecule has 0 saturated heterocycles. The molecule has 106 valence electrons. The average molecular weight is 290 g/mol. The van der Waals surface area contributed by atoms with Crippen LogP contribution in [0.25, 0.3) is 11.1 Å². The molecule has 2 rings (SSSR count). The van der Waals surface area contributed by atoms with E-state index in [1.807, 2.05) is 0 Å². The summed E-state index contributed by atoms with van der Waals surface area (Å²) in [5.41, 5.74) is -0.420. The van der Waals surface area contributed by atoms with E-state index in [2.05, 4.69) is 4.74 Å². The van der Waals surface area contributed by atoms with Crippen molar-refractivity contribution in [3.63, 3.8) is 0 Å². The minimum absolute atomic E-state index is 0.0800.